The molecule has 0 spiro atoms. The number of carbonyl (C=O) groups is 4. The van der Waals surface area contributed by atoms with Crippen molar-refractivity contribution in [2.75, 3.05) is 40.4 Å². The number of nitrogens with zero attached hydrogens (tertiary/aromatic N) is 2. The van der Waals surface area contributed by atoms with E-state index in [-0.39, 0.29) is 48.4 Å². The minimum absolute atomic E-state index is 0.0489. The number of hydrogen-bond acceptors (Lipinski definition) is 6. The second-order valence-corrected chi connectivity index (χ2v) is 9.75. The predicted molar refractivity (Wildman–Crippen MR) is 117 cm³/mol. The summed E-state index contributed by atoms with van der Waals surface area (Å²) in [6.45, 7) is 4.56. The summed E-state index contributed by atoms with van der Waals surface area (Å²) in [6, 6.07) is 0. The van der Waals surface area contributed by atoms with Gasteiger partial charge in [-0.25, -0.2) is 0 Å². The molecular formula is C24H38N2O6. The van der Waals surface area contributed by atoms with Crippen LogP contribution in [0.3, 0.4) is 0 Å². The maximum atomic E-state index is 12.3. The Morgan fingerprint density at radius 2 is 1.28 bits per heavy atom. The van der Waals surface area contributed by atoms with Gasteiger partial charge in [0, 0.05) is 39.0 Å². The summed E-state index contributed by atoms with van der Waals surface area (Å²) in [4.78, 5) is 51.7. The molecule has 2 aliphatic heterocycles. The van der Waals surface area contributed by atoms with E-state index >= 15 is 0 Å². The standard InChI is InChI=1S/C24H38N2O6/c1-4-5-17-10-16(6-8-25-14-19(12-21(25)27)23(29)31-2)11-18(17)7-9-26-15-20(13-22(26)28)24(30)32-3/h16-20H,4-15H2,1-3H3. The SMILES string of the molecule is CCCC1CC(CCN2CC(C(=O)OC)CC2=O)CC1CCN1CC(C(=O)OC)CC1=O. The topological polar surface area (TPSA) is 93.2 Å². The van der Waals surface area contributed by atoms with Gasteiger partial charge in [0.1, 0.15) is 0 Å². The van der Waals surface area contributed by atoms with Gasteiger partial charge >= 0.3 is 11.9 Å². The monoisotopic (exact) mass is 450 g/mol. The molecule has 3 rings (SSSR count). The van der Waals surface area contributed by atoms with Crippen LogP contribution in [-0.4, -0.2) is 74.0 Å². The molecule has 0 radical (unpaired) electrons. The van der Waals surface area contributed by atoms with Crippen LogP contribution in [0.5, 0.6) is 0 Å². The van der Waals surface area contributed by atoms with Gasteiger partial charge in [0.15, 0.2) is 0 Å². The molecule has 2 saturated heterocycles. The highest BCUT2D eigenvalue weighted by Gasteiger charge is 2.39. The van der Waals surface area contributed by atoms with Crippen molar-refractivity contribution in [2.45, 2.75) is 58.3 Å². The van der Waals surface area contributed by atoms with E-state index in [9.17, 15) is 19.2 Å². The van der Waals surface area contributed by atoms with Crippen LogP contribution in [0.15, 0.2) is 0 Å². The summed E-state index contributed by atoms with van der Waals surface area (Å²) >= 11 is 0. The number of hydrogen-bond donors (Lipinski definition) is 0. The average molecular weight is 451 g/mol. The van der Waals surface area contributed by atoms with E-state index in [1.165, 1.54) is 27.1 Å². The van der Waals surface area contributed by atoms with Crippen LogP contribution >= 0.6 is 0 Å². The highest BCUT2D eigenvalue weighted by molar-refractivity contribution is 5.87. The molecular weight excluding hydrogens is 412 g/mol. The molecule has 8 nitrogen and oxygen atoms in total. The summed E-state index contributed by atoms with van der Waals surface area (Å²) in [5, 5.41) is 0. The summed E-state index contributed by atoms with van der Waals surface area (Å²) in [7, 11) is 2.74. The third-order valence-corrected chi connectivity index (χ3v) is 7.67. The molecule has 3 fully saturated rings. The lowest BCUT2D eigenvalue weighted by Crippen LogP contribution is -2.29. The Morgan fingerprint density at radius 1 is 0.812 bits per heavy atom. The molecule has 0 aromatic carbocycles. The molecule has 2 amide bonds. The van der Waals surface area contributed by atoms with Crippen LogP contribution in [-0.2, 0) is 28.7 Å². The Morgan fingerprint density at radius 3 is 1.75 bits per heavy atom. The zero-order valence-electron chi connectivity index (χ0n) is 19.7. The fraction of sp³-hybridized carbons (Fsp3) is 0.833. The first-order valence-corrected chi connectivity index (χ1v) is 12.1. The van der Waals surface area contributed by atoms with Crippen molar-refractivity contribution in [3.8, 4) is 0 Å². The molecule has 3 aliphatic rings. The molecule has 2 heterocycles. The van der Waals surface area contributed by atoms with Gasteiger partial charge in [-0.1, -0.05) is 19.8 Å². The van der Waals surface area contributed by atoms with E-state index in [2.05, 4.69) is 6.92 Å². The highest BCUT2D eigenvalue weighted by Crippen LogP contribution is 2.43. The first kappa shape index (κ1) is 24.5. The van der Waals surface area contributed by atoms with Crippen molar-refractivity contribution in [2.24, 2.45) is 29.6 Å². The number of esters is 2. The third-order valence-electron chi connectivity index (χ3n) is 7.67. The van der Waals surface area contributed by atoms with E-state index in [0.29, 0.717) is 43.9 Å². The highest BCUT2D eigenvalue weighted by atomic mass is 16.5. The normalized spacial score (nSPS) is 30.3. The fourth-order valence-electron chi connectivity index (χ4n) is 5.94. The van der Waals surface area contributed by atoms with Gasteiger partial charge in [-0.2, -0.15) is 0 Å². The summed E-state index contributed by atoms with van der Waals surface area (Å²) in [5.74, 6) is 0.636. The lowest BCUT2D eigenvalue weighted by Gasteiger charge is -2.23. The number of rotatable bonds is 10. The van der Waals surface area contributed by atoms with Gasteiger partial charge < -0.3 is 19.3 Å². The van der Waals surface area contributed by atoms with Crippen molar-refractivity contribution >= 4 is 23.8 Å². The zero-order chi connectivity index (χ0) is 23.3. The smallest absolute Gasteiger partial charge is 0.310 e. The van der Waals surface area contributed by atoms with E-state index in [4.69, 9.17) is 9.47 Å². The van der Waals surface area contributed by atoms with Gasteiger partial charge in [0.25, 0.3) is 0 Å². The Bertz CT molecular complexity index is 711. The Hall–Kier alpha value is -2.12. The summed E-state index contributed by atoms with van der Waals surface area (Å²) in [5.41, 5.74) is 0. The van der Waals surface area contributed by atoms with Gasteiger partial charge in [-0.3, -0.25) is 19.2 Å². The molecule has 5 atom stereocenters. The maximum Gasteiger partial charge on any atom is 0.310 e. The molecule has 0 N–H and O–H groups in total. The predicted octanol–water partition coefficient (Wildman–Crippen LogP) is 2.25. The summed E-state index contributed by atoms with van der Waals surface area (Å²) < 4.78 is 9.60. The van der Waals surface area contributed by atoms with Gasteiger partial charge in [0.2, 0.25) is 11.8 Å². The number of likely N-dealkylation sites (tertiary alicyclic amines) is 2. The molecule has 1 saturated carbocycles. The molecule has 0 bridgehead atoms. The Kier molecular flexibility index (Phi) is 8.54. The Balaban J connectivity index is 1.47. The van der Waals surface area contributed by atoms with Crippen LogP contribution in [0, 0.1) is 29.6 Å². The molecule has 8 heteroatoms. The van der Waals surface area contributed by atoms with Crippen molar-refractivity contribution < 1.29 is 28.7 Å². The first-order chi connectivity index (χ1) is 15.4. The molecule has 32 heavy (non-hydrogen) atoms. The third kappa shape index (κ3) is 5.81. The van der Waals surface area contributed by atoms with Crippen LogP contribution < -0.4 is 0 Å². The van der Waals surface area contributed by atoms with Crippen LogP contribution in [0.2, 0.25) is 0 Å². The van der Waals surface area contributed by atoms with Crippen molar-refractivity contribution in [1.29, 1.82) is 0 Å². The molecule has 0 aromatic rings. The van der Waals surface area contributed by atoms with E-state index in [0.717, 1.165) is 25.7 Å². The van der Waals surface area contributed by atoms with Crippen molar-refractivity contribution in [3.05, 3.63) is 0 Å². The van der Waals surface area contributed by atoms with E-state index in [1.807, 2.05) is 9.80 Å². The van der Waals surface area contributed by atoms with Crippen LogP contribution in [0.1, 0.15) is 58.3 Å². The minimum atomic E-state index is -0.331. The minimum Gasteiger partial charge on any atom is -0.469 e. The van der Waals surface area contributed by atoms with Crippen LogP contribution in [0.25, 0.3) is 0 Å². The Labute approximate surface area is 191 Å². The number of methoxy groups -OCH3 is 2. The largest absolute Gasteiger partial charge is 0.469 e. The lowest BCUT2D eigenvalue weighted by atomic mass is 9.89. The average Bonchev–Trinajstić information content (AvgIpc) is 3.46. The van der Waals surface area contributed by atoms with Crippen molar-refractivity contribution in [1.82, 2.24) is 9.80 Å². The van der Waals surface area contributed by atoms with Gasteiger partial charge in [-0.15, -0.1) is 0 Å². The number of carbonyl (C=O) groups excluding carboxylic acids is 4. The van der Waals surface area contributed by atoms with E-state index in [1.54, 1.807) is 0 Å². The summed E-state index contributed by atoms with van der Waals surface area (Å²) in [6.07, 6.45) is 7.06. The van der Waals surface area contributed by atoms with Crippen molar-refractivity contribution in [3.63, 3.8) is 0 Å². The first-order valence-electron chi connectivity index (χ1n) is 12.1. The van der Waals surface area contributed by atoms with Gasteiger partial charge in [-0.05, 0) is 43.4 Å². The molecule has 0 aromatic heterocycles. The fourth-order valence-corrected chi connectivity index (χ4v) is 5.94. The maximum absolute atomic E-state index is 12.3. The lowest BCUT2D eigenvalue weighted by molar-refractivity contribution is -0.145. The van der Waals surface area contributed by atoms with Crippen LogP contribution in [0.4, 0.5) is 0 Å². The molecule has 180 valence electrons. The number of amides is 2. The quantitative estimate of drug-likeness (QED) is 0.474. The molecule has 1 aliphatic carbocycles. The second-order valence-electron chi connectivity index (χ2n) is 9.75. The zero-order valence-corrected chi connectivity index (χ0v) is 19.7. The second kappa shape index (κ2) is 11.1. The van der Waals surface area contributed by atoms with Gasteiger partial charge in [0.05, 0.1) is 26.1 Å². The van der Waals surface area contributed by atoms with E-state index < -0.39 is 0 Å². The number of ether oxygens (including phenoxy) is 2. The molecule has 5 unspecified atom stereocenters.